The lowest BCUT2D eigenvalue weighted by molar-refractivity contribution is -0.150. The normalized spacial score (nSPS) is 15.9. The molecule has 0 aromatic carbocycles. The van der Waals surface area contributed by atoms with Gasteiger partial charge < -0.3 is 19.5 Å². The quantitative estimate of drug-likeness (QED) is 0.761. The van der Waals surface area contributed by atoms with Crippen molar-refractivity contribution in [1.82, 2.24) is 15.1 Å². The molecule has 6 heteroatoms. The number of nitrogens with one attached hydrogen (secondary N) is 1. The predicted octanol–water partition coefficient (Wildman–Crippen LogP) is 0.970. The van der Waals surface area contributed by atoms with Crippen molar-refractivity contribution < 1.29 is 14.0 Å². The van der Waals surface area contributed by atoms with E-state index < -0.39 is 0 Å². The van der Waals surface area contributed by atoms with Gasteiger partial charge in [0.15, 0.2) is 0 Å². The first-order valence-electron chi connectivity index (χ1n) is 7.47. The van der Waals surface area contributed by atoms with Crippen LogP contribution in [0.5, 0.6) is 0 Å². The highest BCUT2D eigenvalue weighted by Crippen LogP contribution is 2.13. The molecule has 116 valence electrons. The summed E-state index contributed by atoms with van der Waals surface area (Å²) in [6.45, 7) is 6.86. The summed E-state index contributed by atoms with van der Waals surface area (Å²) in [6, 6.07) is 3.78. The average Bonchev–Trinajstić information content (AvgIpc) is 2.90. The van der Waals surface area contributed by atoms with Gasteiger partial charge in [-0.05, 0) is 32.0 Å². The summed E-state index contributed by atoms with van der Waals surface area (Å²) < 4.78 is 5.69. The van der Waals surface area contributed by atoms with E-state index in [0.717, 1.165) is 24.5 Å². The summed E-state index contributed by atoms with van der Waals surface area (Å²) in [5, 5.41) is 3.26. The minimum Gasteiger partial charge on any atom is -0.463 e. The molecule has 0 unspecified atom stereocenters. The van der Waals surface area contributed by atoms with Crippen LogP contribution in [0.15, 0.2) is 16.5 Å². The van der Waals surface area contributed by atoms with Crippen molar-refractivity contribution in [2.24, 2.45) is 0 Å². The van der Waals surface area contributed by atoms with E-state index in [2.05, 4.69) is 12.2 Å². The SMILES string of the molecule is CCCNCc1ccc(CN2CC(=O)N(CC)CC2=O)o1. The van der Waals surface area contributed by atoms with Crippen molar-refractivity contribution in [1.29, 1.82) is 0 Å². The maximum absolute atomic E-state index is 12.0. The molecule has 1 saturated heterocycles. The second-order valence-electron chi connectivity index (χ2n) is 5.20. The number of carbonyl (C=O) groups excluding carboxylic acids is 2. The fourth-order valence-corrected chi connectivity index (χ4v) is 2.31. The second kappa shape index (κ2) is 7.26. The number of amides is 2. The van der Waals surface area contributed by atoms with Crippen LogP contribution >= 0.6 is 0 Å². The van der Waals surface area contributed by atoms with Crippen molar-refractivity contribution in [3.63, 3.8) is 0 Å². The van der Waals surface area contributed by atoms with Gasteiger partial charge in [0, 0.05) is 6.54 Å². The number of rotatable bonds is 7. The van der Waals surface area contributed by atoms with Crippen LogP contribution in [0.3, 0.4) is 0 Å². The molecule has 1 aromatic heterocycles. The first-order valence-corrected chi connectivity index (χ1v) is 7.47. The van der Waals surface area contributed by atoms with Gasteiger partial charge in [0.05, 0.1) is 19.6 Å². The van der Waals surface area contributed by atoms with E-state index in [4.69, 9.17) is 4.42 Å². The van der Waals surface area contributed by atoms with Crippen LogP contribution in [0.25, 0.3) is 0 Å². The van der Waals surface area contributed by atoms with E-state index in [1.807, 2.05) is 19.1 Å². The smallest absolute Gasteiger partial charge is 0.243 e. The summed E-state index contributed by atoms with van der Waals surface area (Å²) in [5.41, 5.74) is 0. The molecule has 1 aliphatic rings. The Bertz CT molecular complexity index is 498. The van der Waals surface area contributed by atoms with E-state index in [1.165, 1.54) is 0 Å². The summed E-state index contributed by atoms with van der Waals surface area (Å²) in [5.74, 6) is 1.53. The third-order valence-corrected chi connectivity index (χ3v) is 3.53. The minimum atomic E-state index is -0.0292. The van der Waals surface area contributed by atoms with Crippen molar-refractivity contribution in [3.8, 4) is 0 Å². The topological polar surface area (TPSA) is 65.8 Å². The maximum atomic E-state index is 12.0. The highest BCUT2D eigenvalue weighted by Gasteiger charge is 2.29. The van der Waals surface area contributed by atoms with Gasteiger partial charge in [-0.2, -0.15) is 0 Å². The fraction of sp³-hybridized carbons (Fsp3) is 0.600. The fourth-order valence-electron chi connectivity index (χ4n) is 2.31. The molecule has 0 spiro atoms. The zero-order valence-corrected chi connectivity index (χ0v) is 12.7. The van der Waals surface area contributed by atoms with Gasteiger partial charge in [-0.1, -0.05) is 6.92 Å². The largest absolute Gasteiger partial charge is 0.463 e. The van der Waals surface area contributed by atoms with Gasteiger partial charge >= 0.3 is 0 Å². The van der Waals surface area contributed by atoms with Crippen LogP contribution in [0.4, 0.5) is 0 Å². The van der Waals surface area contributed by atoms with E-state index in [1.54, 1.807) is 9.80 Å². The number of furan rings is 1. The molecule has 21 heavy (non-hydrogen) atoms. The third kappa shape index (κ3) is 4.07. The molecule has 1 aromatic rings. The molecule has 2 amide bonds. The van der Waals surface area contributed by atoms with Crippen molar-refractivity contribution in [2.45, 2.75) is 33.4 Å². The predicted molar refractivity (Wildman–Crippen MR) is 78.4 cm³/mol. The summed E-state index contributed by atoms with van der Waals surface area (Å²) in [4.78, 5) is 27.0. The van der Waals surface area contributed by atoms with Gasteiger partial charge in [-0.3, -0.25) is 9.59 Å². The highest BCUT2D eigenvalue weighted by molar-refractivity contribution is 5.92. The Hall–Kier alpha value is -1.82. The maximum Gasteiger partial charge on any atom is 0.243 e. The van der Waals surface area contributed by atoms with E-state index in [9.17, 15) is 9.59 Å². The van der Waals surface area contributed by atoms with Crippen molar-refractivity contribution in [3.05, 3.63) is 23.7 Å². The summed E-state index contributed by atoms with van der Waals surface area (Å²) >= 11 is 0. The molecule has 2 heterocycles. The van der Waals surface area contributed by atoms with Crippen LogP contribution in [0, 0.1) is 0 Å². The van der Waals surface area contributed by atoms with Gasteiger partial charge in [0.2, 0.25) is 11.8 Å². The Morgan fingerprint density at radius 2 is 1.76 bits per heavy atom. The van der Waals surface area contributed by atoms with Crippen LogP contribution < -0.4 is 5.32 Å². The lowest BCUT2D eigenvalue weighted by Gasteiger charge is -2.32. The lowest BCUT2D eigenvalue weighted by Crippen LogP contribution is -2.53. The molecule has 1 N–H and O–H groups in total. The zero-order chi connectivity index (χ0) is 15.2. The van der Waals surface area contributed by atoms with E-state index >= 15 is 0 Å². The Kier molecular flexibility index (Phi) is 5.38. The molecule has 0 bridgehead atoms. The summed E-state index contributed by atoms with van der Waals surface area (Å²) in [6.07, 6.45) is 1.08. The van der Waals surface area contributed by atoms with Crippen LogP contribution in [-0.2, 0) is 22.7 Å². The first kappa shape index (κ1) is 15.6. The van der Waals surface area contributed by atoms with E-state index in [0.29, 0.717) is 19.6 Å². The second-order valence-corrected chi connectivity index (χ2v) is 5.20. The Morgan fingerprint density at radius 1 is 1.10 bits per heavy atom. The zero-order valence-electron chi connectivity index (χ0n) is 12.7. The number of hydrogen-bond donors (Lipinski definition) is 1. The van der Waals surface area contributed by atoms with Gasteiger partial charge in [-0.15, -0.1) is 0 Å². The summed E-state index contributed by atoms with van der Waals surface area (Å²) in [7, 11) is 0. The van der Waals surface area contributed by atoms with Crippen molar-refractivity contribution in [2.75, 3.05) is 26.2 Å². The number of nitrogens with zero attached hydrogens (tertiary/aromatic N) is 2. The molecule has 0 radical (unpaired) electrons. The first-order chi connectivity index (χ1) is 10.1. The number of likely N-dealkylation sites (N-methyl/N-ethyl adjacent to an activating group) is 1. The Labute approximate surface area is 125 Å². The minimum absolute atomic E-state index is 0.00603. The molecule has 0 saturated carbocycles. The standard InChI is InChI=1S/C15H23N3O3/c1-3-7-16-8-12-5-6-13(21-12)9-18-11-14(19)17(4-2)10-15(18)20/h5-6,16H,3-4,7-11H2,1-2H3. The van der Waals surface area contributed by atoms with Crippen molar-refractivity contribution >= 4 is 11.8 Å². The molecule has 6 nitrogen and oxygen atoms in total. The molecular weight excluding hydrogens is 270 g/mol. The van der Waals surface area contributed by atoms with Crippen LogP contribution in [-0.4, -0.2) is 47.8 Å². The highest BCUT2D eigenvalue weighted by atomic mass is 16.3. The molecule has 1 aliphatic heterocycles. The molecule has 0 atom stereocenters. The van der Waals surface area contributed by atoms with E-state index in [-0.39, 0.29) is 24.9 Å². The van der Waals surface area contributed by atoms with Gasteiger partial charge in [-0.25, -0.2) is 0 Å². The molecule has 2 rings (SSSR count). The Morgan fingerprint density at radius 3 is 2.48 bits per heavy atom. The molecular formula is C15H23N3O3. The van der Waals surface area contributed by atoms with Crippen LogP contribution in [0.1, 0.15) is 31.8 Å². The molecule has 1 fully saturated rings. The third-order valence-electron chi connectivity index (χ3n) is 3.53. The monoisotopic (exact) mass is 293 g/mol. The lowest BCUT2D eigenvalue weighted by atomic mass is 10.2. The Balaban J connectivity index is 1.89. The van der Waals surface area contributed by atoms with Gasteiger partial charge in [0.25, 0.3) is 0 Å². The van der Waals surface area contributed by atoms with Crippen LogP contribution in [0.2, 0.25) is 0 Å². The number of carbonyl (C=O) groups is 2. The number of hydrogen-bond acceptors (Lipinski definition) is 4. The number of piperazine rings is 1. The van der Waals surface area contributed by atoms with Gasteiger partial charge in [0.1, 0.15) is 18.1 Å². The average molecular weight is 293 g/mol. The molecule has 0 aliphatic carbocycles.